The van der Waals surface area contributed by atoms with Crippen LogP contribution in [0.15, 0.2) is 0 Å². The number of nitrogens with zero attached hydrogens (tertiary/aromatic N) is 2. The Morgan fingerprint density at radius 2 is 0.667 bits per heavy atom. The maximum Gasteiger partial charge on any atom is 0.472 e. The van der Waals surface area contributed by atoms with Crippen LogP contribution in [0, 0.1) is 47.4 Å². The van der Waals surface area contributed by atoms with Gasteiger partial charge in [-0.2, -0.15) is 0 Å². The highest BCUT2D eigenvalue weighted by Gasteiger charge is 2.26. The molecule has 2 N–H and O–H groups in total. The predicted molar refractivity (Wildman–Crippen MR) is 291 cm³/mol. The van der Waals surface area contributed by atoms with E-state index in [0.29, 0.717) is 61.7 Å². The molecule has 0 aromatic rings. The molecule has 0 aliphatic carbocycles. The normalized spacial score (nSPS) is 22.6. The molecule has 0 radical (unpaired) electrons. The zero-order valence-electron chi connectivity index (χ0n) is 46.2. The molecule has 1 heterocycles. The van der Waals surface area contributed by atoms with E-state index >= 15 is 0 Å². The van der Waals surface area contributed by atoms with Crippen LogP contribution in [0.1, 0.15) is 180 Å². The smallest absolute Gasteiger partial charge is 0.379 e. The van der Waals surface area contributed by atoms with Crippen LogP contribution in [0.2, 0.25) is 0 Å². The largest absolute Gasteiger partial charge is 0.472 e. The molecule has 0 spiro atoms. The highest BCUT2D eigenvalue weighted by atomic mass is 31.2. The van der Waals surface area contributed by atoms with E-state index in [1.807, 2.05) is 42.3 Å². The second-order valence-electron chi connectivity index (χ2n) is 21.1. The molecule has 0 aromatic carbocycles. The number of likely N-dealkylation sites (N-methyl/N-ethyl adjacent to an activating group) is 2. The quantitative estimate of drug-likeness (QED) is 0.0969. The van der Waals surface area contributed by atoms with Gasteiger partial charge in [0.25, 0.3) is 0 Å². The zero-order chi connectivity index (χ0) is 52.8. The molecule has 1 aliphatic heterocycles. The number of ether oxygens (including phenoxy) is 4. The number of rotatable bonds is 14. The first-order chi connectivity index (χ1) is 34.6. The molecule has 0 saturated heterocycles. The Labute approximate surface area is 439 Å². The number of phosphoric ester groups is 2. The summed E-state index contributed by atoms with van der Waals surface area (Å²) in [4.78, 5) is 20.5. The molecule has 0 fully saturated rings. The Hall–Kier alpha value is -1.78. The topological polar surface area (TPSA) is 148 Å². The van der Waals surface area contributed by atoms with E-state index in [2.05, 4.69) is 47.4 Å². The summed E-state index contributed by atoms with van der Waals surface area (Å²) in [5.41, 5.74) is 0. The lowest BCUT2D eigenvalue weighted by molar-refractivity contribution is -0.870. The van der Waals surface area contributed by atoms with Gasteiger partial charge < -0.3 is 37.7 Å². The minimum Gasteiger partial charge on any atom is -0.379 e. The summed E-state index contributed by atoms with van der Waals surface area (Å²) >= 11 is 0. The molecule has 16 heteroatoms. The summed E-state index contributed by atoms with van der Waals surface area (Å²) in [6.45, 7) is 4.17. The van der Waals surface area contributed by atoms with Gasteiger partial charge in [-0.1, -0.05) is 126 Å². The van der Waals surface area contributed by atoms with Gasteiger partial charge in [0.2, 0.25) is 0 Å². The van der Waals surface area contributed by atoms with Gasteiger partial charge >= 0.3 is 15.6 Å². The SMILES string of the molecule is C[N+](C)(C)CCOP(=O)(O)OCC1COCCCCCCCCC#CC#CCCCCCCCCOCC(COP(=O)(O)OCC[N+](C)(C)C)OCCCCCCCCC#CC#CCCCCCCCCO1. The van der Waals surface area contributed by atoms with Gasteiger partial charge in [-0.05, 0) is 75.0 Å². The summed E-state index contributed by atoms with van der Waals surface area (Å²) in [7, 11) is 3.57. The molecule has 4 atom stereocenters. The molecule has 0 aromatic heterocycles. The Bertz CT molecular complexity index is 1550. The molecule has 4 unspecified atom stereocenters. The predicted octanol–water partition coefficient (Wildman–Crippen LogP) is 11.4. The van der Waals surface area contributed by atoms with Crippen LogP contribution in [0.25, 0.3) is 0 Å². The van der Waals surface area contributed by atoms with Crippen molar-refractivity contribution in [3.63, 3.8) is 0 Å². The van der Waals surface area contributed by atoms with Crippen LogP contribution >= 0.6 is 15.6 Å². The van der Waals surface area contributed by atoms with Gasteiger partial charge in [0.15, 0.2) is 0 Å². The summed E-state index contributed by atoms with van der Waals surface area (Å²) in [5, 5.41) is 0. The molecular weight excluding hydrogens is 955 g/mol. The van der Waals surface area contributed by atoms with Crippen molar-refractivity contribution >= 4 is 15.6 Å². The van der Waals surface area contributed by atoms with Crippen LogP contribution < -0.4 is 0 Å². The third-order valence-electron chi connectivity index (χ3n) is 11.7. The van der Waals surface area contributed by atoms with Crippen molar-refractivity contribution in [3.05, 3.63) is 0 Å². The first-order valence-electron chi connectivity index (χ1n) is 27.7. The second-order valence-corrected chi connectivity index (χ2v) is 24.0. The average Bonchev–Trinajstić information content (AvgIpc) is 3.31. The lowest BCUT2D eigenvalue weighted by Gasteiger charge is -2.24. The molecule has 0 amide bonds. The Morgan fingerprint density at radius 1 is 0.403 bits per heavy atom. The molecular formula is C56H102N2O12P2+2. The summed E-state index contributed by atoms with van der Waals surface area (Å²) < 4.78 is 71.6. The van der Waals surface area contributed by atoms with E-state index in [1.54, 1.807) is 0 Å². The van der Waals surface area contributed by atoms with E-state index in [-0.39, 0.29) is 26.4 Å². The lowest BCUT2D eigenvalue weighted by Crippen LogP contribution is -2.37. The summed E-state index contributed by atoms with van der Waals surface area (Å²) in [5.74, 6) is 24.9. The average molecular weight is 1060 g/mol. The second kappa shape index (κ2) is 45.4. The first kappa shape index (κ1) is 68.2. The van der Waals surface area contributed by atoms with Crippen molar-refractivity contribution < 1.29 is 64.9 Å². The lowest BCUT2D eigenvalue weighted by atomic mass is 10.1. The van der Waals surface area contributed by atoms with Crippen LogP contribution in [-0.4, -0.2) is 152 Å². The van der Waals surface area contributed by atoms with Crippen molar-refractivity contribution in [2.24, 2.45) is 0 Å². The highest BCUT2D eigenvalue weighted by molar-refractivity contribution is 7.47. The summed E-state index contributed by atoms with van der Waals surface area (Å²) in [6, 6.07) is 0. The summed E-state index contributed by atoms with van der Waals surface area (Å²) in [6.07, 6.45) is 28.5. The third-order valence-corrected chi connectivity index (χ3v) is 13.7. The van der Waals surface area contributed by atoms with Crippen molar-refractivity contribution in [2.45, 2.75) is 192 Å². The van der Waals surface area contributed by atoms with Crippen LogP contribution in [0.3, 0.4) is 0 Å². The molecule has 0 bridgehead atoms. The van der Waals surface area contributed by atoms with E-state index < -0.39 is 27.9 Å². The van der Waals surface area contributed by atoms with Crippen LogP contribution in [0.4, 0.5) is 0 Å². The van der Waals surface area contributed by atoms with Crippen molar-refractivity contribution in [1.82, 2.24) is 0 Å². The van der Waals surface area contributed by atoms with Gasteiger partial charge in [-0.25, -0.2) is 9.13 Å². The fourth-order valence-electron chi connectivity index (χ4n) is 7.23. The van der Waals surface area contributed by atoms with Gasteiger partial charge in [0.05, 0.1) is 68.7 Å². The Kier molecular flexibility index (Phi) is 43.0. The first-order valence-corrected chi connectivity index (χ1v) is 30.7. The molecule has 14 nitrogen and oxygen atoms in total. The van der Waals surface area contributed by atoms with E-state index in [4.69, 9.17) is 37.0 Å². The van der Waals surface area contributed by atoms with Crippen molar-refractivity contribution in [2.75, 3.05) is 121 Å². The third kappa shape index (κ3) is 50.4. The monoisotopic (exact) mass is 1060 g/mol. The minimum atomic E-state index is -4.20. The van der Waals surface area contributed by atoms with Gasteiger partial charge in [-0.15, -0.1) is 0 Å². The van der Waals surface area contributed by atoms with E-state index in [9.17, 15) is 18.9 Å². The van der Waals surface area contributed by atoms with Crippen molar-refractivity contribution in [3.8, 4) is 47.4 Å². The molecule has 0 saturated carbocycles. The van der Waals surface area contributed by atoms with E-state index in [1.165, 1.54) is 12.8 Å². The Balaban J connectivity index is 2.60. The van der Waals surface area contributed by atoms with E-state index in [0.717, 1.165) is 167 Å². The Morgan fingerprint density at radius 3 is 0.958 bits per heavy atom. The fraction of sp³-hybridized carbons (Fsp3) is 0.857. The molecule has 1 aliphatic rings. The molecule has 416 valence electrons. The molecule has 1 rings (SSSR count). The number of phosphoric acid groups is 2. The maximum absolute atomic E-state index is 12.6. The van der Waals surface area contributed by atoms with Gasteiger partial charge in [-0.3, -0.25) is 18.1 Å². The van der Waals surface area contributed by atoms with Gasteiger partial charge in [0.1, 0.15) is 38.5 Å². The molecule has 72 heavy (non-hydrogen) atoms. The maximum atomic E-state index is 12.6. The number of quaternary nitrogens is 2. The fourth-order valence-corrected chi connectivity index (χ4v) is 8.71. The van der Waals surface area contributed by atoms with Crippen molar-refractivity contribution in [1.29, 1.82) is 0 Å². The highest BCUT2D eigenvalue weighted by Crippen LogP contribution is 2.44. The number of hydrogen-bond donors (Lipinski definition) is 2. The van der Waals surface area contributed by atoms with Gasteiger partial charge in [0, 0.05) is 52.1 Å². The minimum absolute atomic E-state index is 0.0675. The standard InChI is InChI=1S/C56H100N2O12P2/c1-57(2,3)43-49-67-71(59,60)69-53-55-51-63-45-39-35-31-27-23-19-15-11-7-8-12-16-20-24-28-32-36-40-46-64-52-56(54-70-72(61,62)68-50-44-58(4,5)6)66-48-42-38-34-30-26-22-18-14-10-9-13-17-21-25-29-33-37-41-47-65-55/h55-56H,15-54H2,1-6H3/p+2. The number of hydrogen-bond acceptors (Lipinski definition) is 10. The van der Waals surface area contributed by atoms with Crippen LogP contribution in [0.5, 0.6) is 0 Å². The zero-order valence-corrected chi connectivity index (χ0v) is 48.0. The van der Waals surface area contributed by atoms with Crippen LogP contribution in [-0.2, 0) is 46.2 Å².